The molecular weight excluding hydrogens is 248 g/mol. The van der Waals surface area contributed by atoms with Gasteiger partial charge in [-0.1, -0.05) is 43.3 Å². The van der Waals surface area contributed by atoms with Crippen LogP contribution in [0.4, 0.5) is 0 Å². The maximum absolute atomic E-state index is 11.4. The molecule has 0 amide bonds. The molecule has 0 saturated carbocycles. The van der Waals surface area contributed by atoms with Crippen molar-refractivity contribution in [3.8, 4) is 5.75 Å². The summed E-state index contributed by atoms with van der Waals surface area (Å²) in [6, 6.07) is 16.2. The van der Waals surface area contributed by atoms with Gasteiger partial charge in [-0.05, 0) is 41.7 Å². The van der Waals surface area contributed by atoms with Crippen LogP contribution in [0.25, 0.3) is 0 Å². The lowest BCUT2D eigenvalue weighted by atomic mass is 9.93. The zero-order valence-electron chi connectivity index (χ0n) is 12.0. The third-order valence-electron chi connectivity index (χ3n) is 3.60. The van der Waals surface area contributed by atoms with Crippen LogP contribution in [0.15, 0.2) is 48.5 Å². The molecule has 0 bridgehead atoms. The van der Waals surface area contributed by atoms with Gasteiger partial charge < -0.3 is 9.53 Å². The molecule has 0 aliphatic rings. The van der Waals surface area contributed by atoms with Gasteiger partial charge in [0.1, 0.15) is 12.0 Å². The number of carbonyl (C=O) groups is 1. The first-order valence-electron chi connectivity index (χ1n) is 6.94. The first-order valence-corrected chi connectivity index (χ1v) is 6.94. The highest BCUT2D eigenvalue weighted by molar-refractivity contribution is 5.63. The lowest BCUT2D eigenvalue weighted by molar-refractivity contribution is -0.109. The Bertz CT molecular complexity index is 541. The molecule has 2 heteroatoms. The van der Waals surface area contributed by atoms with Crippen molar-refractivity contribution in [1.82, 2.24) is 0 Å². The molecule has 0 aromatic heterocycles. The molecule has 2 rings (SSSR count). The molecule has 2 aromatic rings. The van der Waals surface area contributed by atoms with Gasteiger partial charge >= 0.3 is 0 Å². The summed E-state index contributed by atoms with van der Waals surface area (Å²) in [6.07, 6.45) is 2.80. The highest BCUT2D eigenvalue weighted by Gasteiger charge is 2.11. The molecule has 0 aliphatic carbocycles. The summed E-state index contributed by atoms with van der Waals surface area (Å²) in [4.78, 5) is 11.4. The minimum atomic E-state index is -0.103. The van der Waals surface area contributed by atoms with Crippen molar-refractivity contribution in [2.75, 3.05) is 7.11 Å². The third kappa shape index (κ3) is 3.47. The lowest BCUT2D eigenvalue weighted by Gasteiger charge is -2.12. The molecule has 2 aromatic carbocycles. The zero-order valence-corrected chi connectivity index (χ0v) is 12.0. The minimum Gasteiger partial charge on any atom is -0.497 e. The van der Waals surface area contributed by atoms with Crippen molar-refractivity contribution in [1.29, 1.82) is 0 Å². The number of methoxy groups -OCH3 is 1. The second-order valence-electron chi connectivity index (χ2n) is 4.89. The summed E-state index contributed by atoms with van der Waals surface area (Å²) in [5, 5.41) is 0. The summed E-state index contributed by atoms with van der Waals surface area (Å²) in [5.74, 6) is 0.707. The quantitative estimate of drug-likeness (QED) is 0.745. The van der Waals surface area contributed by atoms with Crippen molar-refractivity contribution < 1.29 is 9.53 Å². The summed E-state index contributed by atoms with van der Waals surface area (Å²) < 4.78 is 5.14. The van der Waals surface area contributed by atoms with Crippen LogP contribution in [0.1, 0.15) is 29.5 Å². The van der Waals surface area contributed by atoms with Gasteiger partial charge in [0.05, 0.1) is 7.11 Å². The van der Waals surface area contributed by atoms with Crippen LogP contribution in [0.2, 0.25) is 0 Å². The molecule has 0 radical (unpaired) electrons. The molecule has 20 heavy (non-hydrogen) atoms. The highest BCUT2D eigenvalue weighted by Crippen LogP contribution is 2.22. The molecule has 0 spiro atoms. The topological polar surface area (TPSA) is 26.3 Å². The van der Waals surface area contributed by atoms with E-state index in [1.165, 1.54) is 11.1 Å². The first kappa shape index (κ1) is 14.3. The highest BCUT2D eigenvalue weighted by atomic mass is 16.5. The zero-order chi connectivity index (χ0) is 14.4. The Balaban J connectivity index is 2.12. The Kier molecular flexibility index (Phi) is 4.94. The number of carbonyl (C=O) groups excluding carboxylic acids is 1. The van der Waals surface area contributed by atoms with Gasteiger partial charge in [0.25, 0.3) is 0 Å². The van der Waals surface area contributed by atoms with E-state index in [0.717, 1.165) is 30.4 Å². The number of rotatable bonds is 6. The van der Waals surface area contributed by atoms with Crippen LogP contribution in [0.5, 0.6) is 5.75 Å². The summed E-state index contributed by atoms with van der Waals surface area (Å²) in [7, 11) is 1.64. The Morgan fingerprint density at radius 3 is 2.10 bits per heavy atom. The molecule has 1 atom stereocenters. The van der Waals surface area contributed by atoms with Gasteiger partial charge in [-0.2, -0.15) is 0 Å². The SMILES string of the molecule is CCc1ccc(CC(C=O)c2ccc(OC)cc2)cc1. The first-order chi connectivity index (χ1) is 9.76. The van der Waals surface area contributed by atoms with Crippen molar-refractivity contribution in [2.45, 2.75) is 25.7 Å². The van der Waals surface area contributed by atoms with Crippen LogP contribution in [-0.4, -0.2) is 13.4 Å². The molecular formula is C18H20O2. The van der Waals surface area contributed by atoms with Gasteiger partial charge in [0, 0.05) is 5.92 Å². The van der Waals surface area contributed by atoms with E-state index in [9.17, 15) is 4.79 Å². The van der Waals surface area contributed by atoms with Crippen molar-refractivity contribution in [3.05, 3.63) is 65.2 Å². The van der Waals surface area contributed by atoms with Crippen LogP contribution in [0, 0.1) is 0 Å². The average molecular weight is 268 g/mol. The normalized spacial score (nSPS) is 11.9. The predicted octanol–water partition coefficient (Wildman–Crippen LogP) is 3.78. The Hall–Kier alpha value is -2.09. The predicted molar refractivity (Wildman–Crippen MR) is 81.3 cm³/mol. The molecule has 1 unspecified atom stereocenters. The number of aryl methyl sites for hydroxylation is 1. The Morgan fingerprint density at radius 2 is 1.60 bits per heavy atom. The summed E-state index contributed by atoms with van der Waals surface area (Å²) in [5.41, 5.74) is 3.54. The molecule has 0 aliphatic heterocycles. The van der Waals surface area contributed by atoms with Crippen LogP contribution in [-0.2, 0) is 17.6 Å². The van der Waals surface area contributed by atoms with Gasteiger partial charge in [-0.25, -0.2) is 0 Å². The van der Waals surface area contributed by atoms with Gasteiger partial charge in [0.15, 0.2) is 0 Å². The lowest BCUT2D eigenvalue weighted by Crippen LogP contribution is -2.04. The number of hydrogen-bond acceptors (Lipinski definition) is 2. The van der Waals surface area contributed by atoms with Crippen molar-refractivity contribution >= 4 is 6.29 Å². The molecule has 0 saturated heterocycles. The Morgan fingerprint density at radius 1 is 1.00 bits per heavy atom. The van der Waals surface area contributed by atoms with Crippen molar-refractivity contribution in [2.24, 2.45) is 0 Å². The molecule has 2 nitrogen and oxygen atoms in total. The number of hydrogen-bond donors (Lipinski definition) is 0. The smallest absolute Gasteiger partial charge is 0.127 e. The van der Waals surface area contributed by atoms with Crippen LogP contribution >= 0.6 is 0 Å². The maximum atomic E-state index is 11.4. The van der Waals surface area contributed by atoms with Crippen molar-refractivity contribution in [3.63, 3.8) is 0 Å². The Labute approximate surface area is 120 Å². The van der Waals surface area contributed by atoms with E-state index in [2.05, 4.69) is 31.2 Å². The number of aldehydes is 1. The standard InChI is InChI=1S/C18H20O2/c1-3-14-4-6-15(7-5-14)12-17(13-19)16-8-10-18(20-2)11-9-16/h4-11,13,17H,3,12H2,1-2H3. The minimum absolute atomic E-state index is 0.103. The van der Waals surface area contributed by atoms with E-state index in [0.29, 0.717) is 0 Å². The van der Waals surface area contributed by atoms with Gasteiger partial charge in [0.2, 0.25) is 0 Å². The van der Waals surface area contributed by atoms with E-state index in [-0.39, 0.29) is 5.92 Å². The van der Waals surface area contributed by atoms with Crippen LogP contribution < -0.4 is 4.74 Å². The van der Waals surface area contributed by atoms with Crippen LogP contribution in [0.3, 0.4) is 0 Å². The van der Waals surface area contributed by atoms with E-state index in [1.807, 2.05) is 24.3 Å². The fourth-order valence-electron chi connectivity index (χ4n) is 2.26. The fourth-order valence-corrected chi connectivity index (χ4v) is 2.26. The average Bonchev–Trinajstić information content (AvgIpc) is 2.53. The monoisotopic (exact) mass is 268 g/mol. The number of benzene rings is 2. The van der Waals surface area contributed by atoms with Gasteiger partial charge in [-0.15, -0.1) is 0 Å². The largest absolute Gasteiger partial charge is 0.497 e. The molecule has 0 fully saturated rings. The molecule has 0 N–H and O–H groups in total. The molecule has 104 valence electrons. The maximum Gasteiger partial charge on any atom is 0.127 e. The molecule has 0 heterocycles. The second-order valence-corrected chi connectivity index (χ2v) is 4.89. The van der Waals surface area contributed by atoms with Gasteiger partial charge in [-0.3, -0.25) is 0 Å². The summed E-state index contributed by atoms with van der Waals surface area (Å²) >= 11 is 0. The van der Waals surface area contributed by atoms with E-state index >= 15 is 0 Å². The third-order valence-corrected chi connectivity index (χ3v) is 3.60. The fraction of sp³-hybridized carbons (Fsp3) is 0.278. The van der Waals surface area contributed by atoms with E-state index in [1.54, 1.807) is 7.11 Å². The van der Waals surface area contributed by atoms with E-state index < -0.39 is 0 Å². The summed E-state index contributed by atoms with van der Waals surface area (Å²) in [6.45, 7) is 2.14. The number of ether oxygens (including phenoxy) is 1. The second kappa shape index (κ2) is 6.90. The van der Waals surface area contributed by atoms with E-state index in [4.69, 9.17) is 4.74 Å².